The molecule has 4 N–H and O–H groups in total. The van der Waals surface area contributed by atoms with E-state index in [0.717, 1.165) is 13.8 Å². The average molecular weight is 368 g/mol. The van der Waals surface area contributed by atoms with Crippen molar-refractivity contribution in [1.29, 1.82) is 0 Å². The summed E-state index contributed by atoms with van der Waals surface area (Å²) in [6.45, 7) is 1.92. The van der Waals surface area contributed by atoms with Gasteiger partial charge in [0, 0.05) is 13.8 Å². The maximum atomic E-state index is 12.0. The SMILES string of the molecule is CC(=O)ONC(=O)c1cc(C(=O)NOC(C)=O)c(C(=O)O)cc1C(=O)O. The van der Waals surface area contributed by atoms with Gasteiger partial charge in [-0.05, 0) is 12.1 Å². The quantitative estimate of drug-likeness (QED) is 0.505. The molecule has 0 radical (unpaired) electrons. The molecule has 0 heterocycles. The predicted molar refractivity (Wildman–Crippen MR) is 78.8 cm³/mol. The molecule has 1 aromatic rings. The first-order valence-electron chi connectivity index (χ1n) is 6.64. The molecular formula is C14H12N2O10. The van der Waals surface area contributed by atoms with Gasteiger partial charge in [-0.25, -0.2) is 9.59 Å². The first-order chi connectivity index (χ1) is 12.0. The van der Waals surface area contributed by atoms with Crippen molar-refractivity contribution in [2.24, 2.45) is 0 Å². The van der Waals surface area contributed by atoms with Crippen molar-refractivity contribution < 1.29 is 48.7 Å². The van der Waals surface area contributed by atoms with Gasteiger partial charge in [0.05, 0.1) is 22.3 Å². The minimum Gasteiger partial charge on any atom is -0.478 e. The zero-order chi connectivity index (χ0) is 20.0. The van der Waals surface area contributed by atoms with Gasteiger partial charge < -0.3 is 19.9 Å². The molecule has 1 rings (SSSR count). The van der Waals surface area contributed by atoms with E-state index >= 15 is 0 Å². The summed E-state index contributed by atoms with van der Waals surface area (Å²) >= 11 is 0. The largest absolute Gasteiger partial charge is 0.478 e. The Morgan fingerprint density at radius 3 is 1.27 bits per heavy atom. The molecule has 1 aromatic carbocycles. The van der Waals surface area contributed by atoms with Gasteiger partial charge in [-0.1, -0.05) is 0 Å². The Hall–Kier alpha value is -3.96. The summed E-state index contributed by atoms with van der Waals surface area (Å²) < 4.78 is 0. The molecular weight excluding hydrogens is 356 g/mol. The smallest absolute Gasteiger partial charge is 0.336 e. The van der Waals surface area contributed by atoms with E-state index in [1.54, 1.807) is 11.0 Å². The average Bonchev–Trinajstić information content (AvgIpc) is 2.55. The van der Waals surface area contributed by atoms with Crippen LogP contribution in [0.2, 0.25) is 0 Å². The van der Waals surface area contributed by atoms with E-state index in [2.05, 4.69) is 9.68 Å². The highest BCUT2D eigenvalue weighted by Gasteiger charge is 2.26. The van der Waals surface area contributed by atoms with Gasteiger partial charge in [-0.15, -0.1) is 0 Å². The second-order valence-electron chi connectivity index (χ2n) is 4.60. The lowest BCUT2D eigenvalue weighted by Gasteiger charge is -2.12. The molecule has 138 valence electrons. The molecule has 12 nitrogen and oxygen atoms in total. The monoisotopic (exact) mass is 368 g/mol. The third kappa shape index (κ3) is 5.02. The van der Waals surface area contributed by atoms with Crippen molar-refractivity contribution in [1.82, 2.24) is 11.0 Å². The van der Waals surface area contributed by atoms with Gasteiger partial charge in [0.15, 0.2) is 0 Å². The predicted octanol–water partition coefficient (Wildman–Crippen LogP) is -0.501. The van der Waals surface area contributed by atoms with Crippen molar-refractivity contribution in [2.45, 2.75) is 13.8 Å². The summed E-state index contributed by atoms with van der Waals surface area (Å²) in [4.78, 5) is 76.4. The summed E-state index contributed by atoms with van der Waals surface area (Å²) in [6, 6.07) is 1.21. The standard InChI is InChI=1S/C14H12N2O10/c1-5(17)25-15-11(19)7-3-8(12(20)16-26-6(2)18)10(14(23)24)4-9(7)13(21)22/h3-4H,1-2H3,(H,15,19)(H,16,20)(H,21,22)(H,23,24). The minimum absolute atomic E-state index is 0.566. The lowest BCUT2D eigenvalue weighted by Crippen LogP contribution is -2.31. The number of hydroxylamine groups is 2. The number of amides is 2. The maximum absolute atomic E-state index is 12.0. The van der Waals surface area contributed by atoms with Gasteiger partial charge >= 0.3 is 23.9 Å². The van der Waals surface area contributed by atoms with Gasteiger partial charge in [-0.3, -0.25) is 19.2 Å². The fourth-order valence-corrected chi connectivity index (χ4v) is 1.68. The number of hydrogen-bond donors (Lipinski definition) is 4. The van der Waals surface area contributed by atoms with Crippen LogP contribution in [-0.2, 0) is 19.3 Å². The molecule has 0 fully saturated rings. The maximum Gasteiger partial charge on any atom is 0.336 e. The number of rotatable bonds is 4. The highest BCUT2D eigenvalue weighted by Crippen LogP contribution is 2.19. The molecule has 0 spiro atoms. The van der Waals surface area contributed by atoms with E-state index in [4.69, 9.17) is 10.2 Å². The van der Waals surface area contributed by atoms with Crippen LogP contribution in [0.15, 0.2) is 12.1 Å². The third-order valence-corrected chi connectivity index (χ3v) is 2.68. The van der Waals surface area contributed by atoms with Crippen LogP contribution in [0.5, 0.6) is 0 Å². The number of benzene rings is 1. The van der Waals surface area contributed by atoms with Crippen LogP contribution >= 0.6 is 0 Å². The minimum atomic E-state index is -1.67. The van der Waals surface area contributed by atoms with E-state index in [1.807, 2.05) is 0 Å². The molecule has 0 unspecified atom stereocenters. The fourth-order valence-electron chi connectivity index (χ4n) is 1.68. The van der Waals surface area contributed by atoms with Crippen molar-refractivity contribution in [3.8, 4) is 0 Å². The topological polar surface area (TPSA) is 185 Å². The lowest BCUT2D eigenvalue weighted by atomic mass is 9.97. The number of aromatic carboxylic acids is 2. The van der Waals surface area contributed by atoms with Crippen LogP contribution in [0.3, 0.4) is 0 Å². The van der Waals surface area contributed by atoms with E-state index in [-0.39, 0.29) is 0 Å². The van der Waals surface area contributed by atoms with Crippen molar-refractivity contribution >= 4 is 35.7 Å². The lowest BCUT2D eigenvalue weighted by molar-refractivity contribution is -0.147. The highest BCUT2D eigenvalue weighted by atomic mass is 16.7. The first kappa shape index (κ1) is 20.1. The Kier molecular flexibility index (Phi) is 6.36. The molecule has 0 saturated carbocycles. The molecule has 2 amide bonds. The molecule has 26 heavy (non-hydrogen) atoms. The van der Waals surface area contributed by atoms with Gasteiger partial charge in [0.2, 0.25) is 0 Å². The molecule has 0 aliphatic carbocycles. The van der Waals surface area contributed by atoms with Crippen LogP contribution in [0.4, 0.5) is 0 Å². The zero-order valence-corrected chi connectivity index (χ0v) is 13.3. The normalized spacial score (nSPS) is 9.62. The van der Waals surface area contributed by atoms with Crippen LogP contribution in [0.1, 0.15) is 55.3 Å². The van der Waals surface area contributed by atoms with Crippen molar-refractivity contribution in [3.63, 3.8) is 0 Å². The summed E-state index contributed by atoms with van der Waals surface area (Å²) in [5, 5.41) is 18.3. The number of hydrogen-bond acceptors (Lipinski definition) is 8. The molecule has 0 atom stereocenters. The second kappa shape index (κ2) is 8.23. The summed E-state index contributed by atoms with van der Waals surface area (Å²) in [6.07, 6.45) is 0. The van der Waals surface area contributed by atoms with E-state index in [0.29, 0.717) is 12.1 Å². The fraction of sp³-hybridized carbons (Fsp3) is 0.143. The van der Waals surface area contributed by atoms with Crippen LogP contribution < -0.4 is 11.0 Å². The van der Waals surface area contributed by atoms with Crippen LogP contribution in [0.25, 0.3) is 0 Å². The molecule has 0 aliphatic rings. The highest BCUT2D eigenvalue weighted by molar-refractivity contribution is 6.11. The number of carbonyl (C=O) groups excluding carboxylic acids is 4. The number of carbonyl (C=O) groups is 6. The Balaban J connectivity index is 3.45. The summed E-state index contributed by atoms with van der Waals surface area (Å²) in [5.74, 6) is -7.62. The first-order valence-corrected chi connectivity index (χ1v) is 6.64. The van der Waals surface area contributed by atoms with Crippen LogP contribution in [-0.4, -0.2) is 45.9 Å². The number of nitrogens with one attached hydrogen (secondary N) is 2. The van der Waals surface area contributed by atoms with Crippen molar-refractivity contribution in [3.05, 3.63) is 34.4 Å². The molecule has 0 aromatic heterocycles. The number of carboxylic acids is 2. The van der Waals surface area contributed by atoms with E-state index in [9.17, 15) is 28.8 Å². The molecule has 0 aliphatic heterocycles. The Labute approximate surface area is 144 Å². The molecule has 0 bridgehead atoms. The Morgan fingerprint density at radius 2 is 1.00 bits per heavy atom. The second-order valence-corrected chi connectivity index (χ2v) is 4.60. The van der Waals surface area contributed by atoms with E-state index in [1.165, 1.54) is 0 Å². The molecule has 0 saturated heterocycles. The molecule has 12 heteroatoms. The van der Waals surface area contributed by atoms with E-state index < -0.39 is 57.9 Å². The van der Waals surface area contributed by atoms with Crippen LogP contribution in [0, 0.1) is 0 Å². The summed E-state index contributed by atoms with van der Waals surface area (Å²) in [7, 11) is 0. The van der Waals surface area contributed by atoms with Gasteiger partial charge in [-0.2, -0.15) is 11.0 Å². The number of carboxylic acid groups (broad SMARTS) is 2. The third-order valence-electron chi connectivity index (χ3n) is 2.68. The van der Waals surface area contributed by atoms with Gasteiger partial charge in [0.1, 0.15) is 0 Å². The zero-order valence-electron chi connectivity index (χ0n) is 13.3. The Morgan fingerprint density at radius 1 is 0.692 bits per heavy atom. The van der Waals surface area contributed by atoms with Gasteiger partial charge in [0.25, 0.3) is 11.8 Å². The summed E-state index contributed by atoms with van der Waals surface area (Å²) in [5.41, 5.74) is 0.410. The van der Waals surface area contributed by atoms with Crippen molar-refractivity contribution in [2.75, 3.05) is 0 Å². The Bertz CT molecular complexity index is 751.